The van der Waals surface area contributed by atoms with Gasteiger partial charge in [-0.15, -0.1) is 0 Å². The largest absolute Gasteiger partial charge is 0.481 e. The number of hydrogen-bond acceptors (Lipinski definition) is 3. The first-order valence-corrected chi connectivity index (χ1v) is 4.42. The molecule has 0 radical (unpaired) electrons. The van der Waals surface area contributed by atoms with E-state index in [1.54, 1.807) is 0 Å². The van der Waals surface area contributed by atoms with Gasteiger partial charge in [0.25, 0.3) is 5.56 Å². The van der Waals surface area contributed by atoms with Crippen molar-refractivity contribution in [2.24, 2.45) is 0 Å². The van der Waals surface area contributed by atoms with E-state index in [0.29, 0.717) is 17.9 Å². The Hall–Kier alpha value is -1.65. The third-order valence-electron chi connectivity index (χ3n) is 1.66. The van der Waals surface area contributed by atoms with Crippen molar-refractivity contribution in [3.8, 4) is 0 Å². The van der Waals surface area contributed by atoms with Crippen molar-refractivity contribution in [3.63, 3.8) is 0 Å². The summed E-state index contributed by atoms with van der Waals surface area (Å²) in [6, 6.07) is 1.22. The van der Waals surface area contributed by atoms with E-state index in [1.807, 2.05) is 6.92 Å². The summed E-state index contributed by atoms with van der Waals surface area (Å²) in [5.74, 6) is -0.429. The second-order valence-electron chi connectivity index (χ2n) is 3.00. The van der Waals surface area contributed by atoms with Crippen LogP contribution in [0.3, 0.4) is 0 Å². The molecule has 0 aliphatic heterocycles. The lowest BCUT2D eigenvalue weighted by Gasteiger charge is -2.00. The third-order valence-corrected chi connectivity index (χ3v) is 1.66. The number of nitrogens with zero attached hydrogens (tertiary/aromatic N) is 1. The quantitative estimate of drug-likeness (QED) is 0.727. The standard InChI is InChI=1S/C9H12N2O3/c1-2-3-7-10-6(5-9(13)14)4-8(12)11-7/h4H,2-3,5H2,1H3,(H,13,14)(H,10,11,12). The van der Waals surface area contributed by atoms with E-state index in [-0.39, 0.29) is 12.0 Å². The molecule has 0 spiro atoms. The zero-order valence-electron chi connectivity index (χ0n) is 7.91. The second kappa shape index (κ2) is 4.55. The number of H-pyrrole nitrogens is 1. The average molecular weight is 196 g/mol. The normalized spacial score (nSPS) is 10.1. The van der Waals surface area contributed by atoms with Crippen LogP contribution in [0, 0.1) is 0 Å². The first-order chi connectivity index (χ1) is 6.61. The van der Waals surface area contributed by atoms with Crippen LogP contribution < -0.4 is 5.56 Å². The molecule has 1 rings (SSSR count). The summed E-state index contributed by atoms with van der Waals surface area (Å²) in [5.41, 5.74) is 0.0180. The van der Waals surface area contributed by atoms with Crippen LogP contribution in [-0.4, -0.2) is 21.0 Å². The lowest BCUT2D eigenvalue weighted by molar-refractivity contribution is -0.136. The van der Waals surface area contributed by atoms with Gasteiger partial charge in [0, 0.05) is 12.5 Å². The minimum atomic E-state index is -0.981. The number of carbonyl (C=O) groups is 1. The van der Waals surface area contributed by atoms with Crippen LogP contribution in [0.5, 0.6) is 0 Å². The van der Waals surface area contributed by atoms with E-state index in [4.69, 9.17) is 5.11 Å². The first kappa shape index (κ1) is 10.4. The van der Waals surface area contributed by atoms with E-state index >= 15 is 0 Å². The van der Waals surface area contributed by atoms with Crippen molar-refractivity contribution >= 4 is 5.97 Å². The lowest BCUT2D eigenvalue weighted by Crippen LogP contribution is -2.14. The van der Waals surface area contributed by atoms with Gasteiger partial charge in [0.05, 0.1) is 12.1 Å². The smallest absolute Gasteiger partial charge is 0.309 e. The van der Waals surface area contributed by atoms with Gasteiger partial charge in [-0.1, -0.05) is 6.92 Å². The minimum absolute atomic E-state index is 0.208. The fourth-order valence-corrected chi connectivity index (χ4v) is 1.16. The molecule has 0 bridgehead atoms. The molecular formula is C9H12N2O3. The van der Waals surface area contributed by atoms with Crippen LogP contribution in [0.4, 0.5) is 0 Å². The summed E-state index contributed by atoms with van der Waals surface area (Å²) in [4.78, 5) is 28.1. The predicted octanol–water partition coefficient (Wildman–Crippen LogP) is 0.350. The van der Waals surface area contributed by atoms with Gasteiger partial charge >= 0.3 is 5.97 Å². The van der Waals surface area contributed by atoms with E-state index in [9.17, 15) is 9.59 Å². The summed E-state index contributed by atoms with van der Waals surface area (Å²) >= 11 is 0. The van der Waals surface area contributed by atoms with E-state index in [1.165, 1.54) is 6.07 Å². The second-order valence-corrected chi connectivity index (χ2v) is 3.00. The Morgan fingerprint density at radius 1 is 1.64 bits per heavy atom. The number of carboxylic acids is 1. The fourth-order valence-electron chi connectivity index (χ4n) is 1.16. The number of hydrogen-bond donors (Lipinski definition) is 2. The van der Waals surface area contributed by atoms with Crippen molar-refractivity contribution in [1.82, 2.24) is 9.97 Å². The van der Waals surface area contributed by atoms with Gasteiger partial charge in [0.15, 0.2) is 0 Å². The highest BCUT2D eigenvalue weighted by Gasteiger charge is 2.04. The SMILES string of the molecule is CCCc1nc(CC(=O)O)cc(=O)[nH]1. The molecule has 0 amide bonds. The lowest BCUT2D eigenvalue weighted by atomic mass is 10.2. The molecule has 76 valence electrons. The number of aromatic amines is 1. The summed E-state index contributed by atoms with van der Waals surface area (Å²) in [5, 5.41) is 8.53. The molecule has 0 aliphatic carbocycles. The molecule has 0 saturated carbocycles. The Balaban J connectivity index is 2.94. The van der Waals surface area contributed by atoms with E-state index in [2.05, 4.69) is 9.97 Å². The molecule has 0 atom stereocenters. The molecule has 1 heterocycles. The van der Waals surface area contributed by atoms with Gasteiger partial charge in [-0.05, 0) is 6.42 Å². The van der Waals surface area contributed by atoms with Crippen molar-refractivity contribution < 1.29 is 9.90 Å². The molecule has 14 heavy (non-hydrogen) atoms. The van der Waals surface area contributed by atoms with Crippen LogP contribution in [0.2, 0.25) is 0 Å². The number of aromatic nitrogens is 2. The van der Waals surface area contributed by atoms with Gasteiger partial charge in [-0.3, -0.25) is 9.59 Å². The highest BCUT2D eigenvalue weighted by molar-refractivity contribution is 5.69. The van der Waals surface area contributed by atoms with Crippen LogP contribution in [-0.2, 0) is 17.6 Å². The first-order valence-electron chi connectivity index (χ1n) is 4.42. The maximum atomic E-state index is 11.1. The summed E-state index contributed by atoms with van der Waals surface area (Å²) in [7, 11) is 0. The predicted molar refractivity (Wildman–Crippen MR) is 50.2 cm³/mol. The molecule has 5 nitrogen and oxygen atoms in total. The Morgan fingerprint density at radius 3 is 2.93 bits per heavy atom. The maximum Gasteiger partial charge on any atom is 0.309 e. The Kier molecular flexibility index (Phi) is 3.39. The molecule has 2 N–H and O–H groups in total. The summed E-state index contributed by atoms with van der Waals surface area (Å²) < 4.78 is 0. The molecule has 0 saturated heterocycles. The van der Waals surface area contributed by atoms with Crippen LogP contribution >= 0.6 is 0 Å². The number of aryl methyl sites for hydroxylation is 1. The van der Waals surface area contributed by atoms with Gasteiger partial charge in [-0.2, -0.15) is 0 Å². The Morgan fingerprint density at radius 2 is 2.36 bits per heavy atom. The number of carboxylic acid groups (broad SMARTS) is 1. The van der Waals surface area contributed by atoms with E-state index in [0.717, 1.165) is 6.42 Å². The molecule has 0 fully saturated rings. The summed E-state index contributed by atoms with van der Waals surface area (Å²) in [6.45, 7) is 1.96. The molecule has 1 aromatic rings. The van der Waals surface area contributed by atoms with Crippen LogP contribution in [0.1, 0.15) is 24.9 Å². The van der Waals surface area contributed by atoms with Crippen molar-refractivity contribution in [3.05, 3.63) is 27.9 Å². The maximum absolute atomic E-state index is 11.1. The Labute approximate surface area is 80.8 Å². The topological polar surface area (TPSA) is 83.0 Å². The number of rotatable bonds is 4. The zero-order valence-corrected chi connectivity index (χ0v) is 7.91. The third kappa shape index (κ3) is 3.01. The molecule has 0 aliphatic rings. The molecule has 1 aromatic heterocycles. The monoisotopic (exact) mass is 196 g/mol. The number of aliphatic carboxylic acids is 1. The van der Waals surface area contributed by atoms with Crippen molar-refractivity contribution in [2.75, 3.05) is 0 Å². The molecule has 0 unspecified atom stereocenters. The minimum Gasteiger partial charge on any atom is -0.481 e. The zero-order chi connectivity index (χ0) is 10.6. The molecule has 0 aromatic carbocycles. The fraction of sp³-hybridized carbons (Fsp3) is 0.444. The molecule has 5 heteroatoms. The highest BCUT2D eigenvalue weighted by atomic mass is 16.4. The van der Waals surface area contributed by atoms with Crippen molar-refractivity contribution in [2.45, 2.75) is 26.2 Å². The van der Waals surface area contributed by atoms with E-state index < -0.39 is 5.97 Å². The van der Waals surface area contributed by atoms with Gasteiger partial charge in [0.2, 0.25) is 0 Å². The average Bonchev–Trinajstić information content (AvgIpc) is 2.01. The number of nitrogens with one attached hydrogen (secondary N) is 1. The highest BCUT2D eigenvalue weighted by Crippen LogP contribution is 1.96. The summed E-state index contributed by atoms with van der Waals surface area (Å²) in [6.07, 6.45) is 1.31. The van der Waals surface area contributed by atoms with Gasteiger partial charge in [-0.25, -0.2) is 4.98 Å². The van der Waals surface area contributed by atoms with Crippen LogP contribution in [0.15, 0.2) is 10.9 Å². The molecular weight excluding hydrogens is 184 g/mol. The van der Waals surface area contributed by atoms with Gasteiger partial charge in [0.1, 0.15) is 5.82 Å². The Bertz CT molecular complexity index is 384. The van der Waals surface area contributed by atoms with Gasteiger partial charge < -0.3 is 10.1 Å². The van der Waals surface area contributed by atoms with Crippen LogP contribution in [0.25, 0.3) is 0 Å². The van der Waals surface area contributed by atoms with Crippen molar-refractivity contribution in [1.29, 1.82) is 0 Å².